The molecule has 0 aromatic heterocycles. The minimum absolute atomic E-state index is 0.0807. The fourth-order valence-corrected chi connectivity index (χ4v) is 3.41. The molecule has 1 amide bonds. The number of aliphatic hydroxyl groups excluding tert-OH is 1. The van der Waals surface area contributed by atoms with Gasteiger partial charge in [-0.3, -0.25) is 9.69 Å². The Kier molecular flexibility index (Phi) is 6.77. The standard InChI is InChI=1S/C15H19FN2O2.C2HF3O2/c16-13-3-1-2-11(8-13)15(20)18-5-4-12-9-17(6-7-19)10-14(12)18;3-2(4,5)1(6)7/h1-3,8,12,14,19H,4-7,9-10H2;(H,6,7)/t12-,14+;/m0./s1. The van der Waals surface area contributed by atoms with Crippen LogP contribution >= 0.6 is 0 Å². The zero-order chi connectivity index (χ0) is 20.2. The molecule has 0 aliphatic carbocycles. The number of hydrogen-bond donors (Lipinski definition) is 2. The minimum atomic E-state index is -5.08. The number of alkyl halides is 3. The molecule has 2 aliphatic heterocycles. The third kappa shape index (κ3) is 5.39. The highest BCUT2D eigenvalue weighted by Gasteiger charge is 2.43. The largest absolute Gasteiger partial charge is 0.490 e. The number of carboxylic acid groups (broad SMARTS) is 1. The van der Waals surface area contributed by atoms with Crippen LogP contribution in [0.25, 0.3) is 0 Å². The molecule has 3 rings (SSSR count). The van der Waals surface area contributed by atoms with Gasteiger partial charge in [0.1, 0.15) is 5.82 Å². The summed E-state index contributed by atoms with van der Waals surface area (Å²) < 4.78 is 45.0. The molecule has 0 spiro atoms. The minimum Gasteiger partial charge on any atom is -0.475 e. The lowest BCUT2D eigenvalue weighted by Crippen LogP contribution is -2.40. The van der Waals surface area contributed by atoms with Crippen molar-refractivity contribution in [3.05, 3.63) is 35.6 Å². The van der Waals surface area contributed by atoms with Gasteiger partial charge in [-0.25, -0.2) is 9.18 Å². The molecule has 0 saturated carbocycles. The number of hydrogen-bond acceptors (Lipinski definition) is 4. The van der Waals surface area contributed by atoms with Gasteiger partial charge in [0, 0.05) is 37.8 Å². The van der Waals surface area contributed by atoms with E-state index in [2.05, 4.69) is 4.90 Å². The normalized spacial score (nSPS) is 22.2. The number of rotatable bonds is 3. The van der Waals surface area contributed by atoms with E-state index in [4.69, 9.17) is 15.0 Å². The number of nitrogens with zero attached hydrogens (tertiary/aromatic N) is 2. The molecular formula is C17H20F4N2O4. The van der Waals surface area contributed by atoms with E-state index < -0.39 is 12.1 Å². The second-order valence-electron chi connectivity index (χ2n) is 6.41. The summed E-state index contributed by atoms with van der Waals surface area (Å²) in [5, 5.41) is 16.1. The number of carboxylic acids is 1. The van der Waals surface area contributed by atoms with E-state index in [0.29, 0.717) is 18.0 Å². The van der Waals surface area contributed by atoms with Crippen molar-refractivity contribution in [1.82, 2.24) is 9.80 Å². The summed E-state index contributed by atoms with van der Waals surface area (Å²) in [6, 6.07) is 6.09. The maximum Gasteiger partial charge on any atom is 0.490 e. The summed E-state index contributed by atoms with van der Waals surface area (Å²) in [4.78, 5) is 25.5. The van der Waals surface area contributed by atoms with Crippen molar-refractivity contribution in [2.24, 2.45) is 5.92 Å². The molecule has 2 heterocycles. The number of amides is 1. The van der Waals surface area contributed by atoms with Crippen LogP contribution < -0.4 is 0 Å². The van der Waals surface area contributed by atoms with Crippen LogP contribution in [0.4, 0.5) is 17.6 Å². The Bertz CT molecular complexity index is 683. The maximum atomic E-state index is 13.2. The van der Waals surface area contributed by atoms with Crippen LogP contribution in [0, 0.1) is 11.7 Å². The molecule has 6 nitrogen and oxygen atoms in total. The average molecular weight is 392 g/mol. The summed E-state index contributed by atoms with van der Waals surface area (Å²) in [7, 11) is 0. The Morgan fingerprint density at radius 1 is 1.22 bits per heavy atom. The highest BCUT2D eigenvalue weighted by Crippen LogP contribution is 2.32. The predicted octanol–water partition coefficient (Wildman–Crippen LogP) is 1.60. The summed E-state index contributed by atoms with van der Waals surface area (Å²) in [6.07, 6.45) is -4.09. The Labute approximate surface area is 153 Å². The Morgan fingerprint density at radius 3 is 2.44 bits per heavy atom. The van der Waals surface area contributed by atoms with E-state index in [-0.39, 0.29) is 24.4 Å². The Balaban J connectivity index is 0.000000321. The first-order chi connectivity index (χ1) is 12.6. The lowest BCUT2D eigenvalue weighted by molar-refractivity contribution is -0.192. The van der Waals surface area contributed by atoms with E-state index in [0.717, 1.165) is 26.1 Å². The van der Waals surface area contributed by atoms with Gasteiger partial charge in [0.25, 0.3) is 5.91 Å². The van der Waals surface area contributed by atoms with Gasteiger partial charge in [0.05, 0.1) is 6.61 Å². The number of fused-ring (bicyclic) bond motifs is 1. The molecular weight excluding hydrogens is 372 g/mol. The summed E-state index contributed by atoms with van der Waals surface area (Å²) in [5.41, 5.74) is 0.422. The molecule has 1 aromatic carbocycles. The quantitative estimate of drug-likeness (QED) is 0.764. The lowest BCUT2D eigenvalue weighted by Gasteiger charge is -2.25. The number of β-amino-alcohol motifs (C(OH)–C–C–N with tert-alkyl or cyclic N) is 1. The number of carbonyl (C=O) groups is 2. The second kappa shape index (κ2) is 8.66. The van der Waals surface area contributed by atoms with Crippen molar-refractivity contribution in [3.8, 4) is 0 Å². The van der Waals surface area contributed by atoms with Crippen molar-refractivity contribution < 1.29 is 37.4 Å². The van der Waals surface area contributed by atoms with Crippen LogP contribution in [0.5, 0.6) is 0 Å². The van der Waals surface area contributed by atoms with Gasteiger partial charge >= 0.3 is 12.1 Å². The van der Waals surface area contributed by atoms with Gasteiger partial charge in [-0.2, -0.15) is 13.2 Å². The van der Waals surface area contributed by atoms with Gasteiger partial charge in [-0.05, 0) is 30.5 Å². The third-order valence-corrected chi connectivity index (χ3v) is 4.61. The first-order valence-corrected chi connectivity index (χ1v) is 8.33. The van der Waals surface area contributed by atoms with Crippen molar-refractivity contribution in [2.75, 3.05) is 32.8 Å². The van der Waals surface area contributed by atoms with Gasteiger partial charge in [-0.15, -0.1) is 0 Å². The van der Waals surface area contributed by atoms with Crippen molar-refractivity contribution >= 4 is 11.9 Å². The Morgan fingerprint density at radius 2 is 1.89 bits per heavy atom. The van der Waals surface area contributed by atoms with Gasteiger partial charge in [0.2, 0.25) is 0 Å². The first kappa shape index (κ1) is 21.1. The van der Waals surface area contributed by atoms with E-state index in [1.807, 2.05) is 4.90 Å². The molecule has 2 N–H and O–H groups in total. The second-order valence-corrected chi connectivity index (χ2v) is 6.41. The molecule has 0 unspecified atom stereocenters. The number of halogens is 4. The third-order valence-electron chi connectivity index (χ3n) is 4.61. The van der Waals surface area contributed by atoms with Crippen LogP contribution in [0.2, 0.25) is 0 Å². The maximum absolute atomic E-state index is 13.2. The smallest absolute Gasteiger partial charge is 0.475 e. The lowest BCUT2D eigenvalue weighted by atomic mass is 10.0. The van der Waals surface area contributed by atoms with E-state index in [1.165, 1.54) is 12.1 Å². The molecule has 2 aliphatic rings. The first-order valence-electron chi connectivity index (χ1n) is 8.33. The average Bonchev–Trinajstić information content (AvgIpc) is 3.14. The fraction of sp³-hybridized carbons (Fsp3) is 0.529. The van der Waals surface area contributed by atoms with Gasteiger partial charge in [-0.1, -0.05) is 6.07 Å². The molecule has 0 radical (unpaired) electrons. The van der Waals surface area contributed by atoms with Crippen molar-refractivity contribution in [3.63, 3.8) is 0 Å². The molecule has 10 heteroatoms. The predicted molar refractivity (Wildman–Crippen MR) is 86.5 cm³/mol. The number of likely N-dealkylation sites (tertiary alicyclic amines) is 2. The zero-order valence-electron chi connectivity index (χ0n) is 14.3. The van der Waals surface area contributed by atoms with E-state index in [1.54, 1.807) is 12.1 Å². The molecule has 0 bridgehead atoms. The number of benzene rings is 1. The van der Waals surface area contributed by atoms with Crippen LogP contribution in [0.1, 0.15) is 16.8 Å². The Hall–Kier alpha value is -2.20. The van der Waals surface area contributed by atoms with Crippen LogP contribution in [0.15, 0.2) is 24.3 Å². The fourth-order valence-electron chi connectivity index (χ4n) is 3.41. The highest BCUT2D eigenvalue weighted by molar-refractivity contribution is 5.94. The highest BCUT2D eigenvalue weighted by atomic mass is 19.4. The number of carbonyl (C=O) groups excluding carboxylic acids is 1. The molecule has 2 saturated heterocycles. The van der Waals surface area contributed by atoms with E-state index in [9.17, 15) is 22.4 Å². The topological polar surface area (TPSA) is 81.1 Å². The number of aliphatic hydroxyl groups is 1. The van der Waals surface area contributed by atoms with Crippen LogP contribution in [-0.4, -0.2) is 76.9 Å². The van der Waals surface area contributed by atoms with Gasteiger partial charge in [0.15, 0.2) is 0 Å². The molecule has 2 atom stereocenters. The van der Waals surface area contributed by atoms with Crippen molar-refractivity contribution in [1.29, 1.82) is 0 Å². The molecule has 1 aromatic rings. The molecule has 150 valence electrons. The summed E-state index contributed by atoms with van der Waals surface area (Å²) >= 11 is 0. The SMILES string of the molecule is O=C(O)C(F)(F)F.O=C(c1cccc(F)c1)N1CC[C@H]2CN(CCO)C[C@H]21. The van der Waals surface area contributed by atoms with Gasteiger partial charge < -0.3 is 15.1 Å². The molecule has 2 fully saturated rings. The van der Waals surface area contributed by atoms with Crippen LogP contribution in [0.3, 0.4) is 0 Å². The monoisotopic (exact) mass is 392 g/mol. The zero-order valence-corrected chi connectivity index (χ0v) is 14.3. The summed E-state index contributed by atoms with van der Waals surface area (Å²) in [6.45, 7) is 3.31. The van der Waals surface area contributed by atoms with Crippen molar-refractivity contribution in [2.45, 2.75) is 18.6 Å². The van der Waals surface area contributed by atoms with E-state index >= 15 is 0 Å². The molecule has 27 heavy (non-hydrogen) atoms. The number of aliphatic carboxylic acids is 1. The summed E-state index contributed by atoms with van der Waals surface area (Å²) in [5.74, 6) is -2.73. The van der Waals surface area contributed by atoms with Crippen LogP contribution in [-0.2, 0) is 4.79 Å².